The molecule has 2 atom stereocenters. The Hall–Kier alpha value is -0.830. The van der Waals surface area contributed by atoms with Crippen molar-refractivity contribution in [3.63, 3.8) is 0 Å². The van der Waals surface area contributed by atoms with Gasteiger partial charge in [-0.1, -0.05) is 0 Å². The SMILES string of the molecule is O[C@@H]1CCCC1n1cccn1. The fraction of sp³-hybridized carbons (Fsp3) is 0.625. The van der Waals surface area contributed by atoms with Crippen molar-refractivity contribution in [2.24, 2.45) is 0 Å². The summed E-state index contributed by atoms with van der Waals surface area (Å²) in [5, 5.41) is 13.6. The zero-order valence-corrected chi connectivity index (χ0v) is 6.35. The molecule has 11 heavy (non-hydrogen) atoms. The van der Waals surface area contributed by atoms with E-state index in [2.05, 4.69) is 5.10 Å². The van der Waals surface area contributed by atoms with Crippen molar-refractivity contribution in [2.75, 3.05) is 0 Å². The third-order valence-corrected chi connectivity index (χ3v) is 2.31. The van der Waals surface area contributed by atoms with Crippen molar-refractivity contribution in [3.05, 3.63) is 18.5 Å². The van der Waals surface area contributed by atoms with Crippen molar-refractivity contribution in [1.82, 2.24) is 9.78 Å². The summed E-state index contributed by atoms with van der Waals surface area (Å²) < 4.78 is 1.86. The van der Waals surface area contributed by atoms with E-state index in [1.54, 1.807) is 6.20 Å². The largest absolute Gasteiger partial charge is 0.391 e. The molecule has 0 radical (unpaired) electrons. The van der Waals surface area contributed by atoms with Crippen LogP contribution in [0.5, 0.6) is 0 Å². The number of rotatable bonds is 1. The van der Waals surface area contributed by atoms with Gasteiger partial charge in [-0.05, 0) is 25.3 Å². The molecule has 1 aliphatic carbocycles. The molecule has 1 saturated carbocycles. The number of hydrogen-bond acceptors (Lipinski definition) is 2. The third-order valence-electron chi connectivity index (χ3n) is 2.31. The molecule has 60 valence electrons. The van der Waals surface area contributed by atoms with E-state index < -0.39 is 0 Å². The molecule has 3 heteroatoms. The summed E-state index contributed by atoms with van der Waals surface area (Å²) in [4.78, 5) is 0. The molecule has 1 aromatic heterocycles. The van der Waals surface area contributed by atoms with Gasteiger partial charge in [-0.2, -0.15) is 5.10 Å². The van der Waals surface area contributed by atoms with E-state index in [0.717, 1.165) is 19.3 Å². The van der Waals surface area contributed by atoms with Gasteiger partial charge < -0.3 is 5.11 Å². The van der Waals surface area contributed by atoms with Gasteiger partial charge in [-0.3, -0.25) is 4.68 Å². The van der Waals surface area contributed by atoms with Crippen molar-refractivity contribution < 1.29 is 5.11 Å². The van der Waals surface area contributed by atoms with E-state index in [-0.39, 0.29) is 12.1 Å². The molecule has 3 nitrogen and oxygen atoms in total. The van der Waals surface area contributed by atoms with Gasteiger partial charge in [0.25, 0.3) is 0 Å². The highest BCUT2D eigenvalue weighted by Crippen LogP contribution is 2.28. The summed E-state index contributed by atoms with van der Waals surface area (Å²) in [6.07, 6.45) is 6.58. The van der Waals surface area contributed by atoms with Crippen molar-refractivity contribution in [2.45, 2.75) is 31.4 Å². The minimum atomic E-state index is -0.185. The molecular formula is C8H12N2O. The molecule has 0 saturated heterocycles. The van der Waals surface area contributed by atoms with Crippen LogP contribution in [0, 0.1) is 0 Å². The molecule has 1 heterocycles. The van der Waals surface area contributed by atoms with E-state index in [9.17, 15) is 5.11 Å². The van der Waals surface area contributed by atoms with Gasteiger partial charge in [0.15, 0.2) is 0 Å². The van der Waals surface area contributed by atoms with Gasteiger partial charge in [0, 0.05) is 12.4 Å². The first-order chi connectivity index (χ1) is 5.38. The summed E-state index contributed by atoms with van der Waals surface area (Å²) in [7, 11) is 0. The van der Waals surface area contributed by atoms with Crippen molar-refractivity contribution in [3.8, 4) is 0 Å². The standard InChI is InChI=1S/C8H12N2O/c11-8-4-1-3-7(8)10-6-2-5-9-10/h2,5-8,11H,1,3-4H2/t7?,8-/m1/s1. The average Bonchev–Trinajstić information content (AvgIpc) is 2.55. The molecular weight excluding hydrogens is 140 g/mol. The minimum Gasteiger partial charge on any atom is -0.391 e. The Balaban J connectivity index is 2.16. The Labute approximate surface area is 65.7 Å². The molecule has 0 aliphatic heterocycles. The molecule has 1 aliphatic rings. The molecule has 0 amide bonds. The van der Waals surface area contributed by atoms with Crippen LogP contribution in [-0.2, 0) is 0 Å². The van der Waals surface area contributed by atoms with Crippen LogP contribution in [0.2, 0.25) is 0 Å². The normalized spacial score (nSPS) is 31.0. The molecule has 2 rings (SSSR count). The molecule has 1 N–H and O–H groups in total. The lowest BCUT2D eigenvalue weighted by Gasteiger charge is -2.14. The Kier molecular flexibility index (Phi) is 1.66. The predicted octanol–water partition coefficient (Wildman–Crippen LogP) is 0.969. The van der Waals surface area contributed by atoms with Crippen LogP contribution in [0.3, 0.4) is 0 Å². The first-order valence-electron chi connectivity index (χ1n) is 4.05. The monoisotopic (exact) mass is 152 g/mol. The second kappa shape index (κ2) is 2.66. The lowest BCUT2D eigenvalue weighted by molar-refractivity contribution is 0.130. The first kappa shape index (κ1) is 6.85. The fourth-order valence-electron chi connectivity index (χ4n) is 1.71. The van der Waals surface area contributed by atoms with Gasteiger partial charge in [0.2, 0.25) is 0 Å². The zero-order chi connectivity index (χ0) is 7.68. The van der Waals surface area contributed by atoms with Crippen LogP contribution < -0.4 is 0 Å². The molecule has 1 aromatic rings. The quantitative estimate of drug-likeness (QED) is 0.651. The maximum absolute atomic E-state index is 9.50. The van der Waals surface area contributed by atoms with E-state index >= 15 is 0 Å². The van der Waals surface area contributed by atoms with Crippen LogP contribution >= 0.6 is 0 Å². The van der Waals surface area contributed by atoms with Gasteiger partial charge in [0.05, 0.1) is 12.1 Å². The van der Waals surface area contributed by atoms with Crippen LogP contribution in [0.15, 0.2) is 18.5 Å². The number of nitrogens with zero attached hydrogens (tertiary/aromatic N) is 2. The number of hydrogen-bond donors (Lipinski definition) is 1. The predicted molar refractivity (Wildman–Crippen MR) is 41.1 cm³/mol. The van der Waals surface area contributed by atoms with Gasteiger partial charge in [-0.25, -0.2) is 0 Å². The summed E-state index contributed by atoms with van der Waals surface area (Å²) in [6.45, 7) is 0. The summed E-state index contributed by atoms with van der Waals surface area (Å²) >= 11 is 0. The maximum Gasteiger partial charge on any atom is 0.0778 e. The molecule has 1 fully saturated rings. The van der Waals surface area contributed by atoms with Gasteiger partial charge in [-0.15, -0.1) is 0 Å². The van der Waals surface area contributed by atoms with Gasteiger partial charge >= 0.3 is 0 Å². The number of aliphatic hydroxyl groups is 1. The average molecular weight is 152 g/mol. The Morgan fingerprint density at radius 1 is 1.45 bits per heavy atom. The highest BCUT2D eigenvalue weighted by Gasteiger charge is 2.26. The number of aromatic nitrogens is 2. The van der Waals surface area contributed by atoms with Crippen LogP contribution in [0.25, 0.3) is 0 Å². The minimum absolute atomic E-state index is 0.185. The Morgan fingerprint density at radius 3 is 2.91 bits per heavy atom. The molecule has 0 aromatic carbocycles. The highest BCUT2D eigenvalue weighted by atomic mass is 16.3. The smallest absolute Gasteiger partial charge is 0.0778 e. The first-order valence-corrected chi connectivity index (χ1v) is 4.05. The maximum atomic E-state index is 9.50. The fourth-order valence-corrected chi connectivity index (χ4v) is 1.71. The van der Waals surface area contributed by atoms with E-state index in [1.165, 1.54) is 0 Å². The molecule has 0 bridgehead atoms. The lowest BCUT2D eigenvalue weighted by atomic mass is 10.2. The van der Waals surface area contributed by atoms with Crippen LogP contribution in [0.1, 0.15) is 25.3 Å². The van der Waals surface area contributed by atoms with Crippen LogP contribution in [-0.4, -0.2) is 21.0 Å². The third kappa shape index (κ3) is 1.16. The van der Waals surface area contributed by atoms with Crippen molar-refractivity contribution >= 4 is 0 Å². The zero-order valence-electron chi connectivity index (χ0n) is 6.35. The topological polar surface area (TPSA) is 38.0 Å². The molecule has 0 spiro atoms. The van der Waals surface area contributed by atoms with Crippen molar-refractivity contribution in [1.29, 1.82) is 0 Å². The second-order valence-corrected chi connectivity index (χ2v) is 3.05. The van der Waals surface area contributed by atoms with E-state index in [1.807, 2.05) is 16.9 Å². The van der Waals surface area contributed by atoms with E-state index in [0.29, 0.717) is 0 Å². The Bertz CT molecular complexity index is 220. The summed E-state index contributed by atoms with van der Waals surface area (Å²) in [5.74, 6) is 0. The summed E-state index contributed by atoms with van der Waals surface area (Å²) in [5.41, 5.74) is 0. The van der Waals surface area contributed by atoms with Gasteiger partial charge in [0.1, 0.15) is 0 Å². The number of aliphatic hydroxyl groups excluding tert-OH is 1. The Morgan fingerprint density at radius 2 is 2.36 bits per heavy atom. The van der Waals surface area contributed by atoms with Crippen LogP contribution in [0.4, 0.5) is 0 Å². The highest BCUT2D eigenvalue weighted by molar-refractivity contribution is 4.87. The van der Waals surface area contributed by atoms with E-state index in [4.69, 9.17) is 0 Å². The summed E-state index contributed by atoms with van der Waals surface area (Å²) in [6, 6.07) is 2.12. The lowest BCUT2D eigenvalue weighted by Crippen LogP contribution is -2.18. The second-order valence-electron chi connectivity index (χ2n) is 3.05. The molecule has 1 unspecified atom stereocenters.